The minimum Gasteiger partial charge on any atom is -0.374 e. The van der Waals surface area contributed by atoms with Gasteiger partial charge in [0, 0.05) is 39.1 Å². The van der Waals surface area contributed by atoms with Gasteiger partial charge in [-0.15, -0.1) is 24.0 Å². The van der Waals surface area contributed by atoms with Crippen LogP contribution in [0.5, 0.6) is 0 Å². The van der Waals surface area contributed by atoms with Crippen molar-refractivity contribution < 1.29 is 4.74 Å². The Hall–Kier alpha value is -1.64. The Bertz CT molecular complexity index is 726. The minimum absolute atomic E-state index is 0. The predicted octanol–water partition coefficient (Wildman–Crippen LogP) is 3.13. The Kier molecular flexibility index (Phi) is 10.5. The summed E-state index contributed by atoms with van der Waals surface area (Å²) in [6, 6.07) is 21.4. The monoisotopic (exact) mass is 508 g/mol. The first-order valence-electron chi connectivity index (χ1n) is 10.1. The van der Waals surface area contributed by atoms with Gasteiger partial charge in [0.2, 0.25) is 0 Å². The molecule has 0 bridgehead atoms. The third-order valence-corrected chi connectivity index (χ3v) is 5.17. The number of morpholine rings is 1. The van der Waals surface area contributed by atoms with Crippen molar-refractivity contribution in [3.05, 3.63) is 71.8 Å². The summed E-state index contributed by atoms with van der Waals surface area (Å²) in [6.45, 7) is 4.33. The second-order valence-corrected chi connectivity index (χ2v) is 7.39. The van der Waals surface area contributed by atoms with E-state index in [4.69, 9.17) is 4.74 Å². The normalized spacial score (nSPS) is 18.6. The smallest absolute Gasteiger partial charge is 0.191 e. The molecule has 0 aromatic heterocycles. The molecule has 29 heavy (non-hydrogen) atoms. The standard InChI is InChI=1S/C23H32N4O.HI/c1-24-23(26-17-22-18-27(2)13-14-28-22)25-16-21(20-11-7-4-8-12-20)15-19-9-5-3-6-10-19;/h3-12,21-22H,13-18H2,1-2H3,(H2,24,25,26);1H. The van der Waals surface area contributed by atoms with E-state index in [9.17, 15) is 0 Å². The van der Waals surface area contributed by atoms with Gasteiger partial charge in [-0.3, -0.25) is 4.99 Å². The van der Waals surface area contributed by atoms with Gasteiger partial charge in [-0.05, 0) is 24.6 Å². The number of benzene rings is 2. The maximum absolute atomic E-state index is 5.83. The molecule has 0 amide bonds. The Balaban J connectivity index is 0.00000300. The zero-order valence-electron chi connectivity index (χ0n) is 17.4. The Morgan fingerprint density at radius 2 is 1.79 bits per heavy atom. The topological polar surface area (TPSA) is 48.9 Å². The fourth-order valence-electron chi connectivity index (χ4n) is 3.57. The molecule has 6 heteroatoms. The molecule has 2 N–H and O–H groups in total. The summed E-state index contributed by atoms with van der Waals surface area (Å²) in [5.74, 6) is 1.20. The molecule has 2 atom stereocenters. The van der Waals surface area contributed by atoms with Crippen LogP contribution in [0.25, 0.3) is 0 Å². The van der Waals surface area contributed by atoms with Gasteiger partial charge < -0.3 is 20.3 Å². The fraction of sp³-hybridized carbons (Fsp3) is 0.435. The number of nitrogens with zero attached hydrogens (tertiary/aromatic N) is 2. The first-order valence-corrected chi connectivity index (χ1v) is 10.1. The largest absolute Gasteiger partial charge is 0.374 e. The van der Waals surface area contributed by atoms with Crippen LogP contribution in [0, 0.1) is 0 Å². The molecule has 1 heterocycles. The average molecular weight is 508 g/mol. The van der Waals surface area contributed by atoms with E-state index < -0.39 is 0 Å². The van der Waals surface area contributed by atoms with E-state index in [2.05, 4.69) is 88.2 Å². The molecule has 5 nitrogen and oxygen atoms in total. The van der Waals surface area contributed by atoms with Crippen molar-refractivity contribution in [3.63, 3.8) is 0 Å². The van der Waals surface area contributed by atoms with Crippen molar-refractivity contribution in [3.8, 4) is 0 Å². The summed E-state index contributed by atoms with van der Waals surface area (Å²) in [5.41, 5.74) is 2.69. The van der Waals surface area contributed by atoms with E-state index in [0.717, 1.165) is 45.2 Å². The molecule has 1 saturated heterocycles. The molecule has 0 radical (unpaired) electrons. The van der Waals surface area contributed by atoms with Gasteiger partial charge in [-0.2, -0.15) is 0 Å². The van der Waals surface area contributed by atoms with Crippen molar-refractivity contribution in [2.24, 2.45) is 4.99 Å². The lowest BCUT2D eigenvalue weighted by atomic mass is 9.92. The molecule has 2 unspecified atom stereocenters. The second-order valence-electron chi connectivity index (χ2n) is 7.39. The summed E-state index contributed by atoms with van der Waals surface area (Å²) in [6.07, 6.45) is 1.19. The molecule has 1 aliphatic heterocycles. The first-order chi connectivity index (χ1) is 13.7. The lowest BCUT2D eigenvalue weighted by molar-refractivity contribution is -0.0161. The molecular weight excluding hydrogens is 475 g/mol. The number of halogens is 1. The highest BCUT2D eigenvalue weighted by molar-refractivity contribution is 14.0. The number of nitrogens with one attached hydrogen (secondary N) is 2. The second kappa shape index (κ2) is 12.8. The number of ether oxygens (including phenoxy) is 1. The van der Waals surface area contributed by atoms with Crippen molar-refractivity contribution in [2.75, 3.05) is 46.9 Å². The van der Waals surface area contributed by atoms with Crippen LogP contribution in [-0.4, -0.2) is 63.8 Å². The van der Waals surface area contributed by atoms with Gasteiger partial charge in [0.05, 0.1) is 12.7 Å². The first kappa shape index (κ1) is 23.6. The number of guanidine groups is 1. The highest BCUT2D eigenvalue weighted by Crippen LogP contribution is 2.20. The predicted molar refractivity (Wildman–Crippen MR) is 131 cm³/mol. The van der Waals surface area contributed by atoms with Gasteiger partial charge in [-0.25, -0.2) is 0 Å². The lowest BCUT2D eigenvalue weighted by Gasteiger charge is -2.30. The number of hydrogen-bond acceptors (Lipinski definition) is 3. The summed E-state index contributed by atoms with van der Waals surface area (Å²) in [5, 5.41) is 6.93. The van der Waals surface area contributed by atoms with Crippen LogP contribution in [0.2, 0.25) is 0 Å². The molecule has 1 aliphatic rings. The van der Waals surface area contributed by atoms with Crippen LogP contribution in [0.3, 0.4) is 0 Å². The number of hydrogen-bond donors (Lipinski definition) is 2. The van der Waals surface area contributed by atoms with Gasteiger partial charge in [0.15, 0.2) is 5.96 Å². The summed E-state index contributed by atoms with van der Waals surface area (Å²) < 4.78 is 5.83. The van der Waals surface area contributed by atoms with E-state index in [1.807, 2.05) is 7.05 Å². The summed E-state index contributed by atoms with van der Waals surface area (Å²) in [7, 11) is 3.95. The minimum atomic E-state index is 0. The third kappa shape index (κ3) is 7.95. The molecule has 3 rings (SSSR count). The van der Waals surface area contributed by atoms with Crippen LogP contribution >= 0.6 is 24.0 Å². The van der Waals surface area contributed by atoms with Gasteiger partial charge in [0.1, 0.15) is 0 Å². The quantitative estimate of drug-likeness (QED) is 0.343. The number of likely N-dealkylation sites (N-methyl/N-ethyl adjacent to an activating group) is 1. The lowest BCUT2D eigenvalue weighted by Crippen LogP contribution is -2.48. The Morgan fingerprint density at radius 1 is 1.10 bits per heavy atom. The van der Waals surface area contributed by atoms with Crippen molar-refractivity contribution in [1.82, 2.24) is 15.5 Å². The zero-order valence-corrected chi connectivity index (χ0v) is 19.7. The zero-order chi connectivity index (χ0) is 19.6. The Morgan fingerprint density at radius 3 is 2.45 bits per heavy atom. The molecule has 2 aromatic rings. The highest BCUT2D eigenvalue weighted by Gasteiger charge is 2.18. The van der Waals surface area contributed by atoms with Crippen LogP contribution in [0.4, 0.5) is 0 Å². The molecule has 1 fully saturated rings. The molecule has 0 saturated carbocycles. The molecule has 0 spiro atoms. The average Bonchev–Trinajstić information content (AvgIpc) is 2.74. The maximum Gasteiger partial charge on any atom is 0.191 e. The highest BCUT2D eigenvalue weighted by atomic mass is 127. The van der Waals surface area contributed by atoms with Crippen molar-refractivity contribution in [2.45, 2.75) is 18.4 Å². The van der Waals surface area contributed by atoms with Crippen LogP contribution in [0.1, 0.15) is 17.0 Å². The maximum atomic E-state index is 5.83. The molecule has 158 valence electrons. The summed E-state index contributed by atoms with van der Waals surface area (Å²) >= 11 is 0. The van der Waals surface area contributed by atoms with Crippen molar-refractivity contribution >= 4 is 29.9 Å². The van der Waals surface area contributed by atoms with E-state index in [1.165, 1.54) is 11.1 Å². The van der Waals surface area contributed by atoms with E-state index in [0.29, 0.717) is 5.92 Å². The molecule has 2 aromatic carbocycles. The van der Waals surface area contributed by atoms with Gasteiger partial charge in [0.25, 0.3) is 0 Å². The third-order valence-electron chi connectivity index (χ3n) is 5.17. The van der Waals surface area contributed by atoms with E-state index in [-0.39, 0.29) is 30.1 Å². The van der Waals surface area contributed by atoms with Crippen LogP contribution < -0.4 is 10.6 Å². The van der Waals surface area contributed by atoms with E-state index >= 15 is 0 Å². The molecular formula is C23H33IN4O. The van der Waals surface area contributed by atoms with Crippen molar-refractivity contribution in [1.29, 1.82) is 0 Å². The number of rotatable bonds is 7. The Labute approximate surface area is 192 Å². The van der Waals surface area contributed by atoms with Gasteiger partial charge in [-0.1, -0.05) is 60.7 Å². The van der Waals surface area contributed by atoms with Crippen LogP contribution in [0.15, 0.2) is 65.7 Å². The van der Waals surface area contributed by atoms with Crippen LogP contribution in [-0.2, 0) is 11.2 Å². The van der Waals surface area contributed by atoms with Gasteiger partial charge >= 0.3 is 0 Å². The number of aliphatic imine (C=N–C) groups is 1. The fourth-order valence-corrected chi connectivity index (χ4v) is 3.57. The van der Waals surface area contributed by atoms with E-state index in [1.54, 1.807) is 0 Å². The SMILES string of the molecule is CN=C(NCC1CN(C)CCO1)NCC(Cc1ccccc1)c1ccccc1.I. The molecule has 0 aliphatic carbocycles. The summed E-state index contributed by atoms with van der Waals surface area (Å²) in [4.78, 5) is 6.69.